The molecule has 0 fully saturated rings. The second kappa shape index (κ2) is 9.85. The number of ether oxygens (including phenoxy) is 4. The maximum Gasteiger partial charge on any atom is 0.259 e. The van der Waals surface area contributed by atoms with Gasteiger partial charge in [0.25, 0.3) is 5.56 Å². The van der Waals surface area contributed by atoms with Crippen LogP contribution in [0.4, 0.5) is 0 Å². The fourth-order valence-corrected chi connectivity index (χ4v) is 4.36. The Balaban J connectivity index is 1.91. The molecule has 35 heavy (non-hydrogen) atoms. The number of rotatable bonds is 7. The van der Waals surface area contributed by atoms with Crippen molar-refractivity contribution in [3.05, 3.63) is 92.7 Å². The molecule has 0 amide bonds. The third-order valence-corrected chi connectivity index (χ3v) is 6.03. The van der Waals surface area contributed by atoms with E-state index in [2.05, 4.69) is 6.07 Å². The number of nitrogens with zero attached hydrogens (tertiary/aromatic N) is 2. The van der Waals surface area contributed by atoms with Crippen LogP contribution in [0.5, 0.6) is 23.0 Å². The second-order valence-corrected chi connectivity index (χ2v) is 8.03. The van der Waals surface area contributed by atoms with E-state index in [0.717, 1.165) is 5.56 Å². The van der Waals surface area contributed by atoms with E-state index < -0.39 is 5.92 Å². The summed E-state index contributed by atoms with van der Waals surface area (Å²) in [6, 6.07) is 16.8. The van der Waals surface area contributed by atoms with Crippen molar-refractivity contribution in [3.8, 4) is 29.1 Å². The van der Waals surface area contributed by atoms with Crippen LogP contribution in [0.15, 0.2) is 64.8 Å². The van der Waals surface area contributed by atoms with E-state index in [4.69, 9.17) is 24.7 Å². The molecule has 0 bridgehead atoms. The molecule has 1 unspecified atom stereocenters. The van der Waals surface area contributed by atoms with E-state index in [0.29, 0.717) is 53.0 Å². The standard InChI is InChI=1S/C27H27N3O5/c1-5-34-21-11-10-17(13-22(21)33-4)24-19(14-28)26(29)35-23-12-16(2)30(27(31)25(23)24)15-18-8-6-7-9-20(18)32-3/h6-13,24H,5,15,29H2,1-4H3. The van der Waals surface area contributed by atoms with E-state index in [1.165, 1.54) is 0 Å². The zero-order chi connectivity index (χ0) is 25.1. The number of nitrogens with two attached hydrogens (primary N) is 1. The fraction of sp³-hybridized carbons (Fsp3) is 0.259. The Kier molecular flexibility index (Phi) is 6.69. The van der Waals surface area contributed by atoms with Gasteiger partial charge in [0.1, 0.15) is 23.1 Å². The molecule has 1 aliphatic rings. The van der Waals surface area contributed by atoms with Gasteiger partial charge < -0.3 is 29.2 Å². The van der Waals surface area contributed by atoms with Gasteiger partial charge in [0, 0.05) is 17.3 Å². The normalized spacial score (nSPS) is 14.5. The molecule has 1 aromatic heterocycles. The molecule has 0 saturated carbocycles. The number of hydrogen-bond acceptors (Lipinski definition) is 7. The minimum absolute atomic E-state index is 0.0286. The van der Waals surface area contributed by atoms with Crippen LogP contribution < -0.4 is 30.2 Å². The second-order valence-electron chi connectivity index (χ2n) is 8.03. The van der Waals surface area contributed by atoms with Crippen LogP contribution in [0.25, 0.3) is 0 Å². The third kappa shape index (κ3) is 4.28. The van der Waals surface area contributed by atoms with Crippen molar-refractivity contribution in [1.29, 1.82) is 5.26 Å². The molecule has 2 N–H and O–H groups in total. The van der Waals surface area contributed by atoms with Crippen molar-refractivity contribution >= 4 is 0 Å². The van der Waals surface area contributed by atoms with Gasteiger partial charge in [-0.3, -0.25) is 4.79 Å². The minimum atomic E-state index is -0.731. The first kappa shape index (κ1) is 23.8. The van der Waals surface area contributed by atoms with Gasteiger partial charge in [0.15, 0.2) is 11.5 Å². The van der Waals surface area contributed by atoms with E-state index in [1.54, 1.807) is 37.0 Å². The van der Waals surface area contributed by atoms with Crippen molar-refractivity contribution < 1.29 is 18.9 Å². The molecule has 1 aliphatic heterocycles. The molecule has 0 aliphatic carbocycles. The summed E-state index contributed by atoms with van der Waals surface area (Å²) in [6.45, 7) is 4.47. The highest BCUT2D eigenvalue weighted by Crippen LogP contribution is 2.42. The number of aromatic nitrogens is 1. The lowest BCUT2D eigenvalue weighted by molar-refractivity contribution is 0.310. The number of benzene rings is 2. The largest absolute Gasteiger partial charge is 0.496 e. The van der Waals surface area contributed by atoms with Crippen LogP contribution in [-0.2, 0) is 6.54 Å². The van der Waals surface area contributed by atoms with Crippen LogP contribution in [0, 0.1) is 18.3 Å². The average molecular weight is 474 g/mol. The number of para-hydroxylation sites is 1. The highest BCUT2D eigenvalue weighted by molar-refractivity contribution is 5.57. The molecular weight excluding hydrogens is 446 g/mol. The summed E-state index contributed by atoms with van der Waals surface area (Å²) in [5, 5.41) is 9.95. The maximum absolute atomic E-state index is 13.9. The van der Waals surface area contributed by atoms with E-state index in [-0.39, 0.29) is 17.0 Å². The van der Waals surface area contributed by atoms with Crippen LogP contribution >= 0.6 is 0 Å². The average Bonchev–Trinajstić information content (AvgIpc) is 2.86. The van der Waals surface area contributed by atoms with Crippen molar-refractivity contribution in [1.82, 2.24) is 4.57 Å². The van der Waals surface area contributed by atoms with Crippen LogP contribution in [0.1, 0.15) is 35.2 Å². The lowest BCUT2D eigenvalue weighted by Crippen LogP contribution is -2.33. The predicted octanol–water partition coefficient (Wildman–Crippen LogP) is 3.84. The molecule has 0 spiro atoms. The smallest absolute Gasteiger partial charge is 0.259 e. The molecule has 2 aromatic carbocycles. The lowest BCUT2D eigenvalue weighted by atomic mass is 9.84. The summed E-state index contributed by atoms with van der Waals surface area (Å²) in [7, 11) is 3.13. The summed E-state index contributed by atoms with van der Waals surface area (Å²) in [6.07, 6.45) is 0. The molecule has 180 valence electrons. The Morgan fingerprint density at radius 3 is 2.51 bits per heavy atom. The van der Waals surface area contributed by atoms with Gasteiger partial charge in [0.2, 0.25) is 5.88 Å². The molecule has 8 nitrogen and oxygen atoms in total. The Morgan fingerprint density at radius 1 is 1.09 bits per heavy atom. The summed E-state index contributed by atoms with van der Waals surface area (Å²) in [4.78, 5) is 13.9. The van der Waals surface area contributed by atoms with Gasteiger partial charge in [-0.25, -0.2) is 0 Å². The fourth-order valence-electron chi connectivity index (χ4n) is 4.36. The Labute approximate surface area is 203 Å². The number of hydrogen-bond donors (Lipinski definition) is 1. The highest BCUT2D eigenvalue weighted by atomic mass is 16.5. The van der Waals surface area contributed by atoms with Crippen molar-refractivity contribution in [2.24, 2.45) is 5.73 Å². The first-order valence-electron chi connectivity index (χ1n) is 11.2. The van der Waals surface area contributed by atoms with Crippen molar-refractivity contribution in [3.63, 3.8) is 0 Å². The van der Waals surface area contributed by atoms with E-state index in [9.17, 15) is 10.1 Å². The summed E-state index contributed by atoms with van der Waals surface area (Å²) in [5.74, 6) is 1.32. The quantitative estimate of drug-likeness (QED) is 0.555. The van der Waals surface area contributed by atoms with Gasteiger partial charge in [-0.15, -0.1) is 0 Å². The molecule has 2 heterocycles. The van der Waals surface area contributed by atoms with Crippen molar-refractivity contribution in [2.75, 3.05) is 20.8 Å². The molecule has 1 atom stereocenters. The number of allylic oxidation sites excluding steroid dienone is 1. The monoisotopic (exact) mass is 473 g/mol. The van der Waals surface area contributed by atoms with Gasteiger partial charge in [-0.1, -0.05) is 24.3 Å². The molecule has 0 radical (unpaired) electrons. The Morgan fingerprint density at radius 2 is 1.83 bits per heavy atom. The van der Waals surface area contributed by atoms with Crippen LogP contribution in [0.3, 0.4) is 0 Å². The number of pyridine rings is 1. The first-order chi connectivity index (χ1) is 16.9. The van der Waals surface area contributed by atoms with Crippen molar-refractivity contribution in [2.45, 2.75) is 26.3 Å². The molecule has 4 rings (SSSR count). The van der Waals surface area contributed by atoms with Crippen LogP contribution in [0.2, 0.25) is 0 Å². The van der Waals surface area contributed by atoms with E-state index in [1.807, 2.05) is 44.2 Å². The van der Waals surface area contributed by atoms with Gasteiger partial charge in [-0.2, -0.15) is 5.26 Å². The number of aryl methyl sites for hydroxylation is 1. The van der Waals surface area contributed by atoms with Gasteiger partial charge in [0.05, 0.1) is 38.9 Å². The number of methoxy groups -OCH3 is 2. The topological polar surface area (TPSA) is 109 Å². The molecule has 3 aromatic rings. The third-order valence-electron chi connectivity index (χ3n) is 6.03. The SMILES string of the molecule is CCOc1ccc(C2C(C#N)=C(N)Oc3cc(C)n(Cc4ccccc4OC)c(=O)c32)cc1OC. The summed E-state index contributed by atoms with van der Waals surface area (Å²) < 4.78 is 24.0. The van der Waals surface area contributed by atoms with Gasteiger partial charge in [-0.05, 0) is 37.6 Å². The summed E-state index contributed by atoms with van der Waals surface area (Å²) in [5.41, 5.74) is 8.57. The zero-order valence-corrected chi connectivity index (χ0v) is 20.1. The predicted molar refractivity (Wildman–Crippen MR) is 131 cm³/mol. The first-order valence-corrected chi connectivity index (χ1v) is 11.2. The zero-order valence-electron chi connectivity index (χ0n) is 20.1. The van der Waals surface area contributed by atoms with Gasteiger partial charge >= 0.3 is 0 Å². The molecular formula is C27H27N3O5. The van der Waals surface area contributed by atoms with Crippen LogP contribution in [-0.4, -0.2) is 25.4 Å². The maximum atomic E-state index is 13.9. The lowest BCUT2D eigenvalue weighted by Gasteiger charge is -2.28. The Hall–Kier alpha value is -4.38. The number of fused-ring (bicyclic) bond motifs is 1. The number of nitriles is 1. The minimum Gasteiger partial charge on any atom is -0.496 e. The highest BCUT2D eigenvalue weighted by Gasteiger charge is 2.35. The molecule has 0 saturated heterocycles. The summed E-state index contributed by atoms with van der Waals surface area (Å²) >= 11 is 0. The Bertz CT molecular complexity index is 1400. The van der Waals surface area contributed by atoms with E-state index >= 15 is 0 Å². The molecule has 8 heteroatoms.